The van der Waals surface area contributed by atoms with E-state index in [2.05, 4.69) is 0 Å². The molecule has 0 spiro atoms. The van der Waals surface area contributed by atoms with Crippen LogP contribution in [0.15, 0.2) is 24.3 Å². The van der Waals surface area contributed by atoms with Crippen molar-refractivity contribution in [2.45, 2.75) is 32.2 Å². The zero-order valence-corrected chi connectivity index (χ0v) is 11.4. The van der Waals surface area contributed by atoms with Gasteiger partial charge >= 0.3 is 0 Å². The summed E-state index contributed by atoms with van der Waals surface area (Å²) in [4.78, 5) is 14.3. The smallest absolute Gasteiger partial charge is 0.230 e. The van der Waals surface area contributed by atoms with Crippen molar-refractivity contribution in [1.29, 1.82) is 0 Å². The SMILES string of the molecule is CN(Cc1cccc(O)c1)C(=O)C1(CN)CCCC1. The number of carbonyl (C=O) groups is 1. The van der Waals surface area contributed by atoms with Crippen molar-refractivity contribution in [1.82, 2.24) is 4.90 Å². The highest BCUT2D eigenvalue weighted by Crippen LogP contribution is 2.38. The van der Waals surface area contributed by atoms with Gasteiger partial charge in [-0.1, -0.05) is 25.0 Å². The van der Waals surface area contributed by atoms with Gasteiger partial charge in [0, 0.05) is 20.1 Å². The van der Waals surface area contributed by atoms with Crippen molar-refractivity contribution in [3.8, 4) is 5.75 Å². The first-order valence-corrected chi connectivity index (χ1v) is 6.81. The lowest BCUT2D eigenvalue weighted by molar-refractivity contribution is -0.140. The Morgan fingerprint density at radius 3 is 2.68 bits per heavy atom. The summed E-state index contributed by atoms with van der Waals surface area (Å²) in [6, 6.07) is 7.02. The van der Waals surface area contributed by atoms with E-state index in [-0.39, 0.29) is 17.1 Å². The summed E-state index contributed by atoms with van der Waals surface area (Å²) in [6.07, 6.45) is 3.96. The van der Waals surface area contributed by atoms with Crippen LogP contribution in [0, 0.1) is 5.41 Å². The molecule has 0 radical (unpaired) electrons. The molecule has 0 aliphatic heterocycles. The lowest BCUT2D eigenvalue weighted by Gasteiger charge is -2.31. The Morgan fingerprint density at radius 1 is 1.42 bits per heavy atom. The van der Waals surface area contributed by atoms with Crippen LogP contribution in [0.1, 0.15) is 31.2 Å². The summed E-state index contributed by atoms with van der Waals surface area (Å²) in [5, 5.41) is 9.45. The summed E-state index contributed by atoms with van der Waals surface area (Å²) in [6.45, 7) is 0.936. The molecule has 0 atom stereocenters. The highest BCUT2D eigenvalue weighted by Gasteiger charge is 2.41. The van der Waals surface area contributed by atoms with Gasteiger partial charge in [-0.05, 0) is 30.5 Å². The number of rotatable bonds is 4. The largest absolute Gasteiger partial charge is 0.508 e. The second kappa shape index (κ2) is 5.61. The third-order valence-corrected chi connectivity index (χ3v) is 4.08. The molecule has 0 aromatic heterocycles. The molecule has 0 saturated heterocycles. The third-order valence-electron chi connectivity index (χ3n) is 4.08. The monoisotopic (exact) mass is 262 g/mol. The average Bonchev–Trinajstić information content (AvgIpc) is 2.87. The first-order chi connectivity index (χ1) is 9.07. The lowest BCUT2D eigenvalue weighted by Crippen LogP contribution is -2.44. The Labute approximate surface area is 114 Å². The van der Waals surface area contributed by atoms with Gasteiger partial charge in [-0.25, -0.2) is 0 Å². The Morgan fingerprint density at radius 2 is 2.11 bits per heavy atom. The minimum atomic E-state index is -0.356. The first-order valence-electron chi connectivity index (χ1n) is 6.81. The first kappa shape index (κ1) is 13.9. The number of nitrogens with two attached hydrogens (primary N) is 1. The standard InChI is InChI=1S/C15H22N2O2/c1-17(10-12-5-4-6-13(18)9-12)14(19)15(11-16)7-2-3-8-15/h4-6,9,18H,2-3,7-8,10-11,16H2,1H3. The van der Waals surface area contributed by atoms with Crippen LogP contribution in [0.5, 0.6) is 5.75 Å². The predicted molar refractivity (Wildman–Crippen MR) is 74.5 cm³/mol. The van der Waals surface area contributed by atoms with Crippen molar-refractivity contribution < 1.29 is 9.90 Å². The topological polar surface area (TPSA) is 66.6 Å². The average molecular weight is 262 g/mol. The van der Waals surface area contributed by atoms with E-state index in [9.17, 15) is 9.90 Å². The number of phenolic OH excluding ortho intramolecular Hbond substituents is 1. The van der Waals surface area contributed by atoms with Gasteiger partial charge in [0.05, 0.1) is 5.41 Å². The molecule has 1 aromatic carbocycles. The minimum Gasteiger partial charge on any atom is -0.508 e. The fraction of sp³-hybridized carbons (Fsp3) is 0.533. The number of nitrogens with zero attached hydrogens (tertiary/aromatic N) is 1. The van der Waals surface area contributed by atoms with Crippen LogP contribution in [-0.4, -0.2) is 29.5 Å². The number of carbonyl (C=O) groups excluding carboxylic acids is 1. The molecule has 1 saturated carbocycles. The Balaban J connectivity index is 2.07. The van der Waals surface area contributed by atoms with Crippen molar-refractivity contribution in [2.24, 2.45) is 11.1 Å². The van der Waals surface area contributed by atoms with E-state index in [1.807, 2.05) is 13.1 Å². The van der Waals surface area contributed by atoms with Gasteiger partial charge in [-0.3, -0.25) is 4.79 Å². The number of aromatic hydroxyl groups is 1. The van der Waals surface area contributed by atoms with Crippen molar-refractivity contribution in [2.75, 3.05) is 13.6 Å². The van der Waals surface area contributed by atoms with Crippen LogP contribution in [0.2, 0.25) is 0 Å². The third kappa shape index (κ3) is 2.89. The van der Waals surface area contributed by atoms with E-state index in [4.69, 9.17) is 5.73 Å². The van der Waals surface area contributed by atoms with Gasteiger partial charge in [0.25, 0.3) is 0 Å². The molecule has 2 rings (SSSR count). The number of hydrogen-bond donors (Lipinski definition) is 2. The van der Waals surface area contributed by atoms with E-state index >= 15 is 0 Å². The fourth-order valence-electron chi connectivity index (χ4n) is 2.96. The fourth-order valence-corrected chi connectivity index (χ4v) is 2.96. The van der Waals surface area contributed by atoms with E-state index < -0.39 is 0 Å². The summed E-state index contributed by atoms with van der Waals surface area (Å²) in [5.41, 5.74) is 6.41. The summed E-state index contributed by atoms with van der Waals surface area (Å²) < 4.78 is 0. The normalized spacial score (nSPS) is 17.4. The van der Waals surface area contributed by atoms with Gasteiger partial charge < -0.3 is 15.7 Å². The second-order valence-corrected chi connectivity index (χ2v) is 5.52. The highest BCUT2D eigenvalue weighted by molar-refractivity contribution is 5.83. The molecule has 1 amide bonds. The molecular weight excluding hydrogens is 240 g/mol. The number of hydrogen-bond acceptors (Lipinski definition) is 3. The van der Waals surface area contributed by atoms with E-state index in [1.165, 1.54) is 0 Å². The molecule has 104 valence electrons. The summed E-state index contributed by atoms with van der Waals surface area (Å²) in [5.74, 6) is 0.364. The second-order valence-electron chi connectivity index (χ2n) is 5.52. The Kier molecular flexibility index (Phi) is 4.10. The molecule has 4 nitrogen and oxygen atoms in total. The zero-order chi connectivity index (χ0) is 13.9. The van der Waals surface area contributed by atoms with Crippen LogP contribution < -0.4 is 5.73 Å². The van der Waals surface area contributed by atoms with E-state index in [0.29, 0.717) is 13.1 Å². The van der Waals surface area contributed by atoms with Gasteiger partial charge in [0.15, 0.2) is 0 Å². The Hall–Kier alpha value is -1.55. The lowest BCUT2D eigenvalue weighted by atomic mass is 9.84. The maximum Gasteiger partial charge on any atom is 0.230 e. The highest BCUT2D eigenvalue weighted by atomic mass is 16.3. The van der Waals surface area contributed by atoms with Gasteiger partial charge in [-0.2, -0.15) is 0 Å². The Bertz CT molecular complexity index is 453. The van der Waals surface area contributed by atoms with Crippen LogP contribution in [-0.2, 0) is 11.3 Å². The van der Waals surface area contributed by atoms with Gasteiger partial charge in [-0.15, -0.1) is 0 Å². The molecule has 0 bridgehead atoms. The number of benzene rings is 1. The molecule has 19 heavy (non-hydrogen) atoms. The van der Waals surface area contributed by atoms with Crippen LogP contribution in [0.4, 0.5) is 0 Å². The molecule has 1 aromatic rings. The summed E-state index contributed by atoms with van der Waals surface area (Å²) >= 11 is 0. The maximum absolute atomic E-state index is 12.6. The van der Waals surface area contributed by atoms with Crippen molar-refractivity contribution in [3.05, 3.63) is 29.8 Å². The molecule has 1 aliphatic carbocycles. The van der Waals surface area contributed by atoms with Crippen molar-refractivity contribution in [3.63, 3.8) is 0 Å². The minimum absolute atomic E-state index is 0.135. The number of amides is 1. The van der Waals surface area contributed by atoms with Gasteiger partial charge in [0.1, 0.15) is 5.75 Å². The van der Waals surface area contributed by atoms with Crippen molar-refractivity contribution >= 4 is 5.91 Å². The maximum atomic E-state index is 12.6. The van der Waals surface area contributed by atoms with E-state index in [0.717, 1.165) is 31.2 Å². The van der Waals surface area contributed by atoms with Crippen LogP contribution in [0.25, 0.3) is 0 Å². The molecule has 1 aliphatic rings. The van der Waals surface area contributed by atoms with Crippen LogP contribution >= 0.6 is 0 Å². The van der Waals surface area contributed by atoms with E-state index in [1.54, 1.807) is 23.1 Å². The molecule has 0 heterocycles. The molecule has 3 N–H and O–H groups in total. The molecule has 0 unspecified atom stereocenters. The molecule has 4 heteroatoms. The number of phenols is 1. The van der Waals surface area contributed by atoms with Gasteiger partial charge in [0.2, 0.25) is 5.91 Å². The zero-order valence-electron chi connectivity index (χ0n) is 11.4. The predicted octanol–water partition coefficient (Wildman–Crippen LogP) is 1.87. The van der Waals surface area contributed by atoms with Crippen LogP contribution in [0.3, 0.4) is 0 Å². The quantitative estimate of drug-likeness (QED) is 0.870. The molecular formula is C15H22N2O2. The summed E-state index contributed by atoms with van der Waals surface area (Å²) in [7, 11) is 1.81. The molecule has 1 fully saturated rings.